The van der Waals surface area contributed by atoms with Crippen LogP contribution < -0.4 is 5.73 Å². The molecule has 0 fully saturated rings. The Labute approximate surface area is 83.2 Å². The lowest BCUT2D eigenvalue weighted by molar-refractivity contribution is 0.979. The monoisotopic (exact) mass is 187 g/mol. The third kappa shape index (κ3) is 1.54. The van der Waals surface area contributed by atoms with Crippen molar-refractivity contribution < 1.29 is 0 Å². The van der Waals surface area contributed by atoms with E-state index in [1.807, 2.05) is 10.8 Å². The van der Waals surface area contributed by atoms with Crippen LogP contribution in [-0.4, -0.2) is 9.55 Å². The van der Waals surface area contributed by atoms with Gasteiger partial charge in [0.05, 0.1) is 12.0 Å². The van der Waals surface area contributed by atoms with Gasteiger partial charge in [-0.3, -0.25) is 0 Å². The van der Waals surface area contributed by atoms with E-state index in [2.05, 4.69) is 30.1 Å². The number of imidazole rings is 1. The molecule has 72 valence electrons. The van der Waals surface area contributed by atoms with Crippen molar-refractivity contribution >= 4 is 0 Å². The fraction of sp³-hybridized carbons (Fsp3) is 0.182. The van der Waals surface area contributed by atoms with Crippen LogP contribution in [0.3, 0.4) is 0 Å². The number of aromatic nitrogens is 2. The number of hydrogen-bond donors (Lipinski definition) is 1. The molecule has 0 spiro atoms. The van der Waals surface area contributed by atoms with E-state index >= 15 is 0 Å². The smallest absolute Gasteiger partial charge is 0.0991 e. The van der Waals surface area contributed by atoms with Gasteiger partial charge in [-0.2, -0.15) is 0 Å². The summed E-state index contributed by atoms with van der Waals surface area (Å²) in [4.78, 5) is 4.02. The Morgan fingerprint density at radius 1 is 1.43 bits per heavy atom. The average molecular weight is 187 g/mol. The molecule has 0 bridgehead atoms. The minimum Gasteiger partial charge on any atom is -0.326 e. The van der Waals surface area contributed by atoms with Crippen molar-refractivity contribution in [1.82, 2.24) is 9.55 Å². The molecule has 0 radical (unpaired) electrons. The van der Waals surface area contributed by atoms with Crippen LogP contribution in [0.1, 0.15) is 11.1 Å². The summed E-state index contributed by atoms with van der Waals surface area (Å²) in [5.74, 6) is 0. The van der Waals surface area contributed by atoms with E-state index in [0.29, 0.717) is 6.54 Å². The van der Waals surface area contributed by atoms with Gasteiger partial charge < -0.3 is 10.3 Å². The van der Waals surface area contributed by atoms with Gasteiger partial charge in [0.25, 0.3) is 0 Å². The van der Waals surface area contributed by atoms with Gasteiger partial charge in [-0.15, -0.1) is 0 Å². The minimum absolute atomic E-state index is 0.551. The molecule has 0 saturated carbocycles. The van der Waals surface area contributed by atoms with Crippen LogP contribution in [0.25, 0.3) is 5.69 Å². The van der Waals surface area contributed by atoms with Crippen LogP contribution in [0.5, 0.6) is 0 Å². The van der Waals surface area contributed by atoms with Crippen molar-refractivity contribution in [3.8, 4) is 5.69 Å². The quantitative estimate of drug-likeness (QED) is 0.776. The van der Waals surface area contributed by atoms with Crippen molar-refractivity contribution in [3.63, 3.8) is 0 Å². The Bertz CT molecular complexity index is 418. The van der Waals surface area contributed by atoms with Gasteiger partial charge in [0.1, 0.15) is 0 Å². The summed E-state index contributed by atoms with van der Waals surface area (Å²) in [6.07, 6.45) is 5.47. The summed E-state index contributed by atoms with van der Waals surface area (Å²) in [5, 5.41) is 0. The molecule has 2 rings (SSSR count). The van der Waals surface area contributed by atoms with Crippen molar-refractivity contribution in [3.05, 3.63) is 48.0 Å². The number of nitrogens with two attached hydrogens (primary N) is 1. The fourth-order valence-electron chi connectivity index (χ4n) is 1.53. The number of nitrogens with zero attached hydrogens (tertiary/aromatic N) is 2. The second-order valence-corrected chi connectivity index (χ2v) is 3.31. The van der Waals surface area contributed by atoms with Crippen LogP contribution >= 0.6 is 0 Å². The van der Waals surface area contributed by atoms with E-state index in [4.69, 9.17) is 5.73 Å². The molecule has 3 heteroatoms. The van der Waals surface area contributed by atoms with E-state index in [0.717, 1.165) is 11.3 Å². The Morgan fingerprint density at radius 2 is 2.29 bits per heavy atom. The molecule has 2 aromatic rings. The van der Waals surface area contributed by atoms with E-state index in [1.165, 1.54) is 5.56 Å². The van der Waals surface area contributed by atoms with E-state index < -0.39 is 0 Å². The molecule has 1 heterocycles. The molecule has 0 amide bonds. The normalized spacial score (nSPS) is 10.4. The van der Waals surface area contributed by atoms with Crippen molar-refractivity contribution in [2.24, 2.45) is 5.73 Å². The number of benzene rings is 1. The Morgan fingerprint density at radius 3 is 2.93 bits per heavy atom. The predicted octanol–water partition coefficient (Wildman–Crippen LogP) is 1.64. The molecule has 3 nitrogen and oxygen atoms in total. The molecular weight excluding hydrogens is 174 g/mol. The van der Waals surface area contributed by atoms with Gasteiger partial charge in [0.2, 0.25) is 0 Å². The lowest BCUT2D eigenvalue weighted by Crippen LogP contribution is -2.03. The van der Waals surface area contributed by atoms with Gasteiger partial charge in [-0.25, -0.2) is 4.98 Å². The highest BCUT2D eigenvalue weighted by molar-refractivity contribution is 5.43. The standard InChI is InChI=1S/C11H13N3/c1-9-2-3-11(10(6-9)7-12)14-5-4-13-8-14/h2-6,8H,7,12H2,1H3. The van der Waals surface area contributed by atoms with Crippen molar-refractivity contribution in [2.45, 2.75) is 13.5 Å². The van der Waals surface area contributed by atoms with Gasteiger partial charge in [0.15, 0.2) is 0 Å². The highest BCUT2D eigenvalue weighted by Crippen LogP contribution is 2.15. The first-order chi connectivity index (χ1) is 6.81. The second-order valence-electron chi connectivity index (χ2n) is 3.31. The molecule has 0 aliphatic heterocycles. The molecule has 0 atom stereocenters. The van der Waals surface area contributed by atoms with E-state index in [9.17, 15) is 0 Å². The molecule has 0 unspecified atom stereocenters. The molecule has 0 saturated heterocycles. The van der Waals surface area contributed by atoms with Crippen LogP contribution in [0.15, 0.2) is 36.9 Å². The largest absolute Gasteiger partial charge is 0.326 e. The first-order valence-electron chi connectivity index (χ1n) is 4.59. The maximum atomic E-state index is 5.69. The first-order valence-corrected chi connectivity index (χ1v) is 4.59. The molecule has 2 N–H and O–H groups in total. The zero-order valence-corrected chi connectivity index (χ0v) is 8.14. The Balaban J connectivity index is 2.53. The maximum absolute atomic E-state index is 5.69. The molecule has 0 aliphatic rings. The third-order valence-electron chi connectivity index (χ3n) is 2.24. The lowest BCUT2D eigenvalue weighted by Gasteiger charge is -2.08. The zero-order valence-electron chi connectivity index (χ0n) is 8.14. The van der Waals surface area contributed by atoms with Crippen LogP contribution in [0, 0.1) is 6.92 Å². The number of rotatable bonds is 2. The molecule has 14 heavy (non-hydrogen) atoms. The second kappa shape index (κ2) is 3.64. The van der Waals surface area contributed by atoms with Gasteiger partial charge in [-0.05, 0) is 18.6 Å². The van der Waals surface area contributed by atoms with Crippen molar-refractivity contribution in [2.75, 3.05) is 0 Å². The van der Waals surface area contributed by atoms with Crippen LogP contribution in [0.4, 0.5) is 0 Å². The Kier molecular flexibility index (Phi) is 2.33. The number of aryl methyl sites for hydroxylation is 1. The topological polar surface area (TPSA) is 43.8 Å². The highest BCUT2D eigenvalue weighted by atomic mass is 15.0. The molecule has 1 aromatic heterocycles. The third-order valence-corrected chi connectivity index (χ3v) is 2.24. The zero-order chi connectivity index (χ0) is 9.97. The maximum Gasteiger partial charge on any atom is 0.0991 e. The van der Waals surface area contributed by atoms with Crippen LogP contribution in [0.2, 0.25) is 0 Å². The minimum atomic E-state index is 0.551. The SMILES string of the molecule is Cc1ccc(-n2ccnc2)c(CN)c1. The summed E-state index contributed by atoms with van der Waals surface area (Å²) in [5.41, 5.74) is 9.17. The predicted molar refractivity (Wildman–Crippen MR) is 56.2 cm³/mol. The van der Waals surface area contributed by atoms with E-state index in [-0.39, 0.29) is 0 Å². The summed E-state index contributed by atoms with van der Waals surface area (Å²) in [6.45, 7) is 2.62. The summed E-state index contributed by atoms with van der Waals surface area (Å²) in [6, 6.07) is 6.25. The average Bonchev–Trinajstić information content (AvgIpc) is 2.70. The van der Waals surface area contributed by atoms with Crippen molar-refractivity contribution in [1.29, 1.82) is 0 Å². The first kappa shape index (κ1) is 8.97. The van der Waals surface area contributed by atoms with Gasteiger partial charge in [-0.1, -0.05) is 17.7 Å². The van der Waals surface area contributed by atoms with Gasteiger partial charge in [0, 0.05) is 18.9 Å². The van der Waals surface area contributed by atoms with Gasteiger partial charge >= 0.3 is 0 Å². The molecule has 0 aliphatic carbocycles. The number of hydrogen-bond acceptors (Lipinski definition) is 2. The lowest BCUT2D eigenvalue weighted by atomic mass is 10.1. The molecular formula is C11H13N3. The fourth-order valence-corrected chi connectivity index (χ4v) is 1.53. The molecule has 1 aromatic carbocycles. The highest BCUT2D eigenvalue weighted by Gasteiger charge is 2.02. The summed E-state index contributed by atoms with van der Waals surface area (Å²) >= 11 is 0. The summed E-state index contributed by atoms with van der Waals surface area (Å²) < 4.78 is 1.97. The Hall–Kier alpha value is -1.61. The summed E-state index contributed by atoms with van der Waals surface area (Å²) in [7, 11) is 0. The van der Waals surface area contributed by atoms with Crippen LogP contribution in [-0.2, 0) is 6.54 Å². The van der Waals surface area contributed by atoms with E-state index in [1.54, 1.807) is 12.5 Å².